The Labute approximate surface area is 96.9 Å². The van der Waals surface area contributed by atoms with E-state index in [0.29, 0.717) is 16.9 Å². The summed E-state index contributed by atoms with van der Waals surface area (Å²) in [6.07, 6.45) is 1.43. The summed E-state index contributed by atoms with van der Waals surface area (Å²) in [6.45, 7) is 0. The number of aromatic amines is 1. The summed E-state index contributed by atoms with van der Waals surface area (Å²) in [6, 6.07) is 7.23. The van der Waals surface area contributed by atoms with Gasteiger partial charge < -0.3 is 4.74 Å². The summed E-state index contributed by atoms with van der Waals surface area (Å²) in [5.74, 6) is 0.622. The molecule has 0 atom stereocenters. The van der Waals surface area contributed by atoms with Crippen LogP contribution >= 0.6 is 11.6 Å². The minimum Gasteiger partial charge on any atom is -0.496 e. The molecule has 0 saturated carbocycles. The van der Waals surface area contributed by atoms with Crippen LogP contribution < -0.4 is 10.3 Å². The maximum Gasteiger partial charge on any atom is 0.259 e. The average Bonchev–Trinajstić information content (AvgIpc) is 2.29. The van der Waals surface area contributed by atoms with Crippen molar-refractivity contribution in [3.05, 3.63) is 46.1 Å². The van der Waals surface area contributed by atoms with Crippen LogP contribution in [-0.2, 0) is 0 Å². The van der Waals surface area contributed by atoms with Gasteiger partial charge >= 0.3 is 0 Å². The van der Waals surface area contributed by atoms with Crippen molar-refractivity contribution >= 4 is 11.6 Å². The zero-order valence-electron chi connectivity index (χ0n) is 8.53. The molecule has 0 aliphatic rings. The SMILES string of the molecule is COc1ccccc1-c1cnc(Cl)[nH]c1=O. The predicted molar refractivity (Wildman–Crippen MR) is 61.9 cm³/mol. The topological polar surface area (TPSA) is 55.0 Å². The van der Waals surface area contributed by atoms with Gasteiger partial charge in [-0.1, -0.05) is 18.2 Å². The number of nitrogens with zero attached hydrogens (tertiary/aromatic N) is 1. The van der Waals surface area contributed by atoms with Crippen LogP contribution in [0.25, 0.3) is 11.1 Å². The Morgan fingerprint density at radius 2 is 2.06 bits per heavy atom. The minimum atomic E-state index is -0.287. The van der Waals surface area contributed by atoms with Crippen molar-refractivity contribution in [1.82, 2.24) is 9.97 Å². The van der Waals surface area contributed by atoms with Gasteiger partial charge in [0, 0.05) is 11.8 Å². The highest BCUT2D eigenvalue weighted by Gasteiger charge is 2.09. The van der Waals surface area contributed by atoms with Crippen molar-refractivity contribution in [3.63, 3.8) is 0 Å². The van der Waals surface area contributed by atoms with Crippen LogP contribution in [0.2, 0.25) is 5.28 Å². The van der Waals surface area contributed by atoms with Gasteiger partial charge in [-0.3, -0.25) is 9.78 Å². The number of H-pyrrole nitrogens is 1. The molecule has 5 heteroatoms. The van der Waals surface area contributed by atoms with E-state index in [2.05, 4.69) is 9.97 Å². The maximum absolute atomic E-state index is 11.7. The maximum atomic E-state index is 11.7. The van der Waals surface area contributed by atoms with E-state index in [1.165, 1.54) is 6.20 Å². The van der Waals surface area contributed by atoms with Gasteiger partial charge in [0.05, 0.1) is 12.7 Å². The number of hydrogen-bond donors (Lipinski definition) is 1. The number of ether oxygens (including phenoxy) is 1. The molecular weight excluding hydrogens is 228 g/mol. The molecule has 0 radical (unpaired) electrons. The van der Waals surface area contributed by atoms with Gasteiger partial charge in [-0.2, -0.15) is 0 Å². The molecule has 0 amide bonds. The van der Waals surface area contributed by atoms with Gasteiger partial charge in [0.1, 0.15) is 5.75 Å². The molecular formula is C11H9ClN2O2. The lowest BCUT2D eigenvalue weighted by Gasteiger charge is -2.06. The highest BCUT2D eigenvalue weighted by molar-refractivity contribution is 6.28. The zero-order valence-corrected chi connectivity index (χ0v) is 9.28. The van der Waals surface area contributed by atoms with Gasteiger partial charge in [-0.15, -0.1) is 0 Å². The van der Waals surface area contributed by atoms with Crippen molar-refractivity contribution in [2.75, 3.05) is 7.11 Å². The van der Waals surface area contributed by atoms with Crippen LogP contribution in [0.1, 0.15) is 0 Å². The first-order chi connectivity index (χ1) is 7.72. The second-order valence-corrected chi connectivity index (χ2v) is 3.48. The quantitative estimate of drug-likeness (QED) is 0.813. The van der Waals surface area contributed by atoms with Crippen molar-refractivity contribution in [2.45, 2.75) is 0 Å². The Morgan fingerprint density at radius 1 is 1.31 bits per heavy atom. The van der Waals surface area contributed by atoms with Crippen molar-refractivity contribution in [1.29, 1.82) is 0 Å². The smallest absolute Gasteiger partial charge is 0.259 e. The third kappa shape index (κ3) is 1.92. The average molecular weight is 237 g/mol. The normalized spacial score (nSPS) is 10.1. The molecule has 2 rings (SSSR count). The Hall–Kier alpha value is -1.81. The third-order valence-corrected chi connectivity index (χ3v) is 2.36. The molecule has 2 aromatic rings. The molecule has 1 aromatic carbocycles. The zero-order chi connectivity index (χ0) is 11.5. The van der Waals surface area contributed by atoms with E-state index < -0.39 is 0 Å². The second kappa shape index (κ2) is 4.37. The van der Waals surface area contributed by atoms with E-state index in [-0.39, 0.29) is 10.8 Å². The molecule has 0 aliphatic carbocycles. The summed E-state index contributed by atoms with van der Waals surface area (Å²) < 4.78 is 5.17. The summed E-state index contributed by atoms with van der Waals surface area (Å²) >= 11 is 5.58. The first kappa shape index (κ1) is 10.7. The van der Waals surface area contributed by atoms with Gasteiger partial charge in [0.2, 0.25) is 5.28 Å². The van der Waals surface area contributed by atoms with Gasteiger partial charge in [-0.05, 0) is 17.7 Å². The number of benzene rings is 1. The standard InChI is InChI=1S/C11H9ClN2O2/c1-16-9-5-3-2-4-7(9)8-6-13-11(12)14-10(8)15/h2-6H,1H3,(H,13,14,15). The largest absolute Gasteiger partial charge is 0.496 e. The minimum absolute atomic E-state index is 0.0728. The highest BCUT2D eigenvalue weighted by Crippen LogP contribution is 2.26. The molecule has 1 N–H and O–H groups in total. The van der Waals surface area contributed by atoms with E-state index in [0.717, 1.165) is 0 Å². The molecule has 16 heavy (non-hydrogen) atoms. The molecule has 0 spiro atoms. The Kier molecular flexibility index (Phi) is 2.92. The van der Waals surface area contributed by atoms with Crippen LogP contribution in [0, 0.1) is 0 Å². The lowest BCUT2D eigenvalue weighted by molar-refractivity contribution is 0.416. The molecule has 0 aliphatic heterocycles. The number of para-hydroxylation sites is 1. The Morgan fingerprint density at radius 3 is 2.75 bits per heavy atom. The lowest BCUT2D eigenvalue weighted by Crippen LogP contribution is -2.10. The first-order valence-corrected chi connectivity index (χ1v) is 4.98. The predicted octanol–water partition coefficient (Wildman–Crippen LogP) is 2.10. The number of halogens is 1. The fourth-order valence-electron chi connectivity index (χ4n) is 1.43. The molecule has 4 nitrogen and oxygen atoms in total. The highest BCUT2D eigenvalue weighted by atomic mass is 35.5. The Bertz CT molecular complexity index is 566. The Balaban J connectivity index is 2.63. The number of rotatable bonds is 2. The van der Waals surface area contributed by atoms with Crippen molar-refractivity contribution in [2.24, 2.45) is 0 Å². The monoisotopic (exact) mass is 236 g/mol. The molecule has 1 heterocycles. The third-order valence-electron chi connectivity index (χ3n) is 2.17. The fourth-order valence-corrected chi connectivity index (χ4v) is 1.57. The van der Waals surface area contributed by atoms with Crippen LogP contribution in [0.5, 0.6) is 5.75 Å². The van der Waals surface area contributed by atoms with Crippen LogP contribution in [0.4, 0.5) is 0 Å². The van der Waals surface area contributed by atoms with E-state index in [4.69, 9.17) is 16.3 Å². The molecule has 0 saturated heterocycles. The lowest BCUT2D eigenvalue weighted by atomic mass is 10.1. The molecule has 0 unspecified atom stereocenters. The van der Waals surface area contributed by atoms with Gasteiger partial charge in [0.15, 0.2) is 0 Å². The van der Waals surface area contributed by atoms with Crippen molar-refractivity contribution in [3.8, 4) is 16.9 Å². The molecule has 0 bridgehead atoms. The van der Waals surface area contributed by atoms with Gasteiger partial charge in [0.25, 0.3) is 5.56 Å². The number of methoxy groups -OCH3 is 1. The fraction of sp³-hybridized carbons (Fsp3) is 0.0909. The molecule has 82 valence electrons. The first-order valence-electron chi connectivity index (χ1n) is 4.60. The summed E-state index contributed by atoms with van der Waals surface area (Å²) in [5.41, 5.74) is 0.835. The van der Waals surface area contributed by atoms with Crippen molar-refractivity contribution < 1.29 is 4.74 Å². The van der Waals surface area contributed by atoms with Crippen LogP contribution in [-0.4, -0.2) is 17.1 Å². The molecule has 1 aromatic heterocycles. The summed E-state index contributed by atoms with van der Waals surface area (Å²) in [7, 11) is 1.55. The van der Waals surface area contributed by atoms with E-state index >= 15 is 0 Å². The van der Waals surface area contributed by atoms with E-state index in [1.54, 1.807) is 19.2 Å². The number of hydrogen-bond acceptors (Lipinski definition) is 3. The summed E-state index contributed by atoms with van der Waals surface area (Å²) in [4.78, 5) is 18.0. The number of nitrogens with one attached hydrogen (secondary N) is 1. The van der Waals surface area contributed by atoms with E-state index in [9.17, 15) is 4.79 Å². The van der Waals surface area contributed by atoms with E-state index in [1.807, 2.05) is 12.1 Å². The van der Waals surface area contributed by atoms with Gasteiger partial charge in [-0.25, -0.2) is 4.98 Å². The van der Waals surface area contributed by atoms with Crippen LogP contribution in [0.15, 0.2) is 35.3 Å². The number of aromatic nitrogens is 2. The summed E-state index contributed by atoms with van der Waals surface area (Å²) in [5, 5.41) is 0.0728. The second-order valence-electron chi connectivity index (χ2n) is 3.12. The van der Waals surface area contributed by atoms with Crippen LogP contribution in [0.3, 0.4) is 0 Å². The molecule has 0 fully saturated rings.